The topological polar surface area (TPSA) is 71.0 Å². The molecule has 1 N–H and O–H groups in total. The van der Waals surface area contributed by atoms with Crippen molar-refractivity contribution in [1.82, 2.24) is 15.0 Å². The van der Waals surface area contributed by atoms with Gasteiger partial charge in [0.2, 0.25) is 0 Å². The number of nitroso groups, excluding NO2 is 1. The van der Waals surface area contributed by atoms with E-state index in [1.54, 1.807) is 6.20 Å². The van der Waals surface area contributed by atoms with Crippen molar-refractivity contribution in [3.8, 4) is 0 Å². The predicted molar refractivity (Wildman–Crippen MR) is 74.4 cm³/mol. The summed E-state index contributed by atoms with van der Waals surface area (Å²) in [6, 6.07) is 11.3. The zero-order valence-electron chi connectivity index (χ0n) is 9.79. The van der Waals surface area contributed by atoms with Crippen LogP contribution in [0.15, 0.2) is 47.8 Å². The van der Waals surface area contributed by atoms with E-state index in [2.05, 4.69) is 20.1 Å². The van der Waals surface area contributed by atoms with Crippen LogP contribution < -0.4 is 0 Å². The molecule has 5 nitrogen and oxygen atoms in total. The van der Waals surface area contributed by atoms with Gasteiger partial charge in [-0.2, -0.15) is 0 Å². The number of nitrogens with one attached hydrogen (secondary N) is 1. The molecule has 4 rings (SSSR count). The van der Waals surface area contributed by atoms with E-state index >= 15 is 0 Å². The van der Waals surface area contributed by atoms with Crippen LogP contribution in [-0.2, 0) is 0 Å². The van der Waals surface area contributed by atoms with Crippen molar-refractivity contribution in [2.24, 2.45) is 5.18 Å². The van der Waals surface area contributed by atoms with Gasteiger partial charge in [-0.1, -0.05) is 24.3 Å². The van der Waals surface area contributed by atoms with Gasteiger partial charge in [-0.05, 0) is 17.3 Å². The van der Waals surface area contributed by atoms with E-state index in [0.717, 1.165) is 16.3 Å². The first kappa shape index (κ1) is 10.1. The van der Waals surface area contributed by atoms with Gasteiger partial charge in [0.05, 0.1) is 0 Å². The molecule has 2 aromatic heterocycles. The van der Waals surface area contributed by atoms with E-state index < -0.39 is 0 Å². The van der Waals surface area contributed by atoms with Gasteiger partial charge in [-0.25, -0.2) is 9.97 Å². The van der Waals surface area contributed by atoms with Gasteiger partial charge >= 0.3 is 0 Å². The molecule has 0 aliphatic heterocycles. The number of rotatable bonds is 1. The lowest BCUT2D eigenvalue weighted by atomic mass is 10.2. The first-order valence-electron chi connectivity index (χ1n) is 5.87. The maximum absolute atomic E-state index is 11.1. The smallest absolute Gasteiger partial charge is 0.156 e. The quantitative estimate of drug-likeness (QED) is 0.522. The Morgan fingerprint density at radius 2 is 1.79 bits per heavy atom. The van der Waals surface area contributed by atoms with E-state index in [-0.39, 0.29) is 0 Å². The van der Waals surface area contributed by atoms with E-state index in [9.17, 15) is 4.91 Å². The second-order valence-corrected chi connectivity index (χ2v) is 4.31. The number of benzene rings is 1. The molecule has 0 unspecified atom stereocenters. The predicted octanol–water partition coefficient (Wildman–Crippen LogP) is 3.66. The number of hydrogen-bond donors (Lipinski definition) is 1. The molecule has 0 bridgehead atoms. The van der Waals surface area contributed by atoms with Crippen LogP contribution in [0.25, 0.3) is 33.0 Å². The van der Waals surface area contributed by atoms with Crippen molar-refractivity contribution >= 4 is 38.7 Å². The highest BCUT2D eigenvalue weighted by atomic mass is 16.3. The molecule has 0 radical (unpaired) electrons. The Labute approximate surface area is 107 Å². The summed E-state index contributed by atoms with van der Waals surface area (Å²) < 4.78 is 0. The summed E-state index contributed by atoms with van der Waals surface area (Å²) in [5, 5.41) is 4.83. The van der Waals surface area contributed by atoms with E-state index in [1.807, 2.05) is 36.4 Å². The molecule has 2 aromatic carbocycles. The third-order valence-electron chi connectivity index (χ3n) is 3.25. The molecule has 0 atom stereocenters. The van der Waals surface area contributed by atoms with E-state index in [0.29, 0.717) is 22.4 Å². The molecular weight excluding hydrogens is 240 g/mol. The number of aromatic nitrogens is 3. The molecule has 0 aliphatic carbocycles. The van der Waals surface area contributed by atoms with Crippen molar-refractivity contribution in [1.29, 1.82) is 0 Å². The molecule has 90 valence electrons. The molecule has 0 amide bonds. The normalized spacial score (nSPS) is 11.4. The Hall–Kier alpha value is -2.82. The Balaban J connectivity index is 2.33. The summed E-state index contributed by atoms with van der Waals surface area (Å²) in [5.74, 6) is 0. The fourth-order valence-corrected chi connectivity index (χ4v) is 2.41. The number of H-pyrrole nitrogens is 1. The third-order valence-corrected chi connectivity index (χ3v) is 3.25. The number of nitrogens with zero attached hydrogens (tertiary/aromatic N) is 3. The Bertz CT molecular complexity index is 942. The average Bonchev–Trinajstić information content (AvgIpc) is 2.78. The fraction of sp³-hybridized carbons (Fsp3) is 0. The lowest BCUT2D eigenvalue weighted by Gasteiger charge is -1.97. The molecule has 4 aromatic rings. The molecule has 0 aliphatic rings. The highest BCUT2D eigenvalue weighted by Gasteiger charge is 2.16. The monoisotopic (exact) mass is 248 g/mol. The second kappa shape index (κ2) is 3.58. The van der Waals surface area contributed by atoms with Crippen molar-refractivity contribution in [2.75, 3.05) is 0 Å². The number of hydrogen-bond acceptors (Lipinski definition) is 4. The van der Waals surface area contributed by atoms with Crippen LogP contribution >= 0.6 is 0 Å². The van der Waals surface area contributed by atoms with Crippen LogP contribution in [0, 0.1) is 4.91 Å². The lowest BCUT2D eigenvalue weighted by molar-refractivity contribution is 1.29. The van der Waals surface area contributed by atoms with Gasteiger partial charge in [0, 0.05) is 17.0 Å². The zero-order chi connectivity index (χ0) is 12.8. The minimum atomic E-state index is 0.365. The molecule has 19 heavy (non-hydrogen) atoms. The highest BCUT2D eigenvalue weighted by molar-refractivity contribution is 6.18. The molecule has 2 heterocycles. The van der Waals surface area contributed by atoms with Crippen LogP contribution in [0.2, 0.25) is 0 Å². The molecule has 0 saturated heterocycles. The van der Waals surface area contributed by atoms with Crippen molar-refractivity contribution in [3.05, 3.63) is 47.5 Å². The Morgan fingerprint density at radius 1 is 0.947 bits per heavy atom. The van der Waals surface area contributed by atoms with Crippen LogP contribution in [0.5, 0.6) is 0 Å². The van der Waals surface area contributed by atoms with E-state index in [1.165, 1.54) is 0 Å². The van der Waals surface area contributed by atoms with Crippen LogP contribution in [-0.4, -0.2) is 15.0 Å². The molecule has 0 fully saturated rings. The van der Waals surface area contributed by atoms with Gasteiger partial charge in [-0.15, -0.1) is 4.91 Å². The third kappa shape index (κ3) is 1.29. The van der Waals surface area contributed by atoms with Crippen molar-refractivity contribution < 1.29 is 0 Å². The standard InChI is InChI=1S/C14H8N4O/c19-18-12-9-5-2-1-4-8(9)11-13(12)16-10-6-3-7-15-14(10)17-11/h1-7H,(H,15,17). The summed E-state index contributed by atoms with van der Waals surface area (Å²) >= 11 is 0. The summed E-state index contributed by atoms with van der Waals surface area (Å²) in [5.41, 5.74) is 3.05. The fourth-order valence-electron chi connectivity index (χ4n) is 2.41. The van der Waals surface area contributed by atoms with Gasteiger partial charge in [-0.3, -0.25) is 0 Å². The second-order valence-electron chi connectivity index (χ2n) is 4.31. The van der Waals surface area contributed by atoms with Crippen molar-refractivity contribution in [3.63, 3.8) is 0 Å². The molecule has 0 spiro atoms. The maximum Gasteiger partial charge on any atom is 0.156 e. The van der Waals surface area contributed by atoms with E-state index in [4.69, 9.17) is 0 Å². The summed E-state index contributed by atoms with van der Waals surface area (Å²) in [7, 11) is 0. The molecular formula is C14H8N4O. The number of pyridine rings is 1. The number of fused-ring (bicyclic) bond motifs is 4. The summed E-state index contributed by atoms with van der Waals surface area (Å²) in [6.07, 6.45) is 1.80. The summed E-state index contributed by atoms with van der Waals surface area (Å²) in [4.78, 5) is 23.2. The first-order valence-corrected chi connectivity index (χ1v) is 5.87. The van der Waals surface area contributed by atoms with Gasteiger partial charge < -0.3 is 4.98 Å². The largest absolute Gasteiger partial charge is 0.345 e. The van der Waals surface area contributed by atoms with Crippen LogP contribution in [0.1, 0.15) is 0 Å². The summed E-state index contributed by atoms with van der Waals surface area (Å²) in [6.45, 7) is 0. The highest BCUT2D eigenvalue weighted by Crippen LogP contribution is 2.37. The first-order chi connectivity index (χ1) is 9.38. The van der Waals surface area contributed by atoms with Gasteiger partial charge in [0.1, 0.15) is 22.2 Å². The molecule has 0 saturated carbocycles. The zero-order valence-corrected chi connectivity index (χ0v) is 9.79. The average molecular weight is 248 g/mol. The lowest BCUT2D eigenvalue weighted by Crippen LogP contribution is -1.86. The van der Waals surface area contributed by atoms with Crippen LogP contribution in [0.3, 0.4) is 0 Å². The minimum absolute atomic E-state index is 0.365. The SMILES string of the molecule is O=Nc1c2ccccc2c2nc3[nH]cccc3nc12. The van der Waals surface area contributed by atoms with Gasteiger partial charge in [0.25, 0.3) is 0 Å². The Kier molecular flexibility index (Phi) is 1.91. The minimum Gasteiger partial charge on any atom is -0.345 e. The Morgan fingerprint density at radius 3 is 2.63 bits per heavy atom. The number of aromatic amines is 1. The van der Waals surface area contributed by atoms with Crippen molar-refractivity contribution in [2.45, 2.75) is 0 Å². The van der Waals surface area contributed by atoms with Gasteiger partial charge in [0.15, 0.2) is 5.65 Å². The van der Waals surface area contributed by atoms with Crippen LogP contribution in [0.4, 0.5) is 5.69 Å². The molecule has 5 heteroatoms. The maximum atomic E-state index is 11.1.